The third-order valence-corrected chi connectivity index (χ3v) is 3.59. The zero-order valence-electron chi connectivity index (χ0n) is 15.0. The monoisotopic (exact) mass is 389 g/mol. The van der Waals surface area contributed by atoms with Crippen molar-refractivity contribution in [3.05, 3.63) is 53.1 Å². The van der Waals surface area contributed by atoms with Crippen LogP contribution in [-0.4, -0.2) is 31.7 Å². The van der Waals surface area contributed by atoms with E-state index in [-0.39, 0.29) is 6.42 Å². The minimum absolute atomic E-state index is 0.364. The first-order valence-corrected chi connectivity index (χ1v) is 8.57. The van der Waals surface area contributed by atoms with Crippen molar-refractivity contribution in [1.82, 2.24) is 5.43 Å². The quantitative estimate of drug-likeness (QED) is 0.412. The smallest absolute Gasteiger partial charge is 0.249 e. The van der Waals surface area contributed by atoms with Gasteiger partial charge in [0.05, 0.1) is 19.9 Å². The number of halogens is 1. The molecule has 0 saturated carbocycles. The lowest BCUT2D eigenvalue weighted by Crippen LogP contribution is -2.24. The Morgan fingerprint density at radius 2 is 1.89 bits per heavy atom. The first kappa shape index (κ1) is 20.3. The molecule has 0 heterocycles. The van der Waals surface area contributed by atoms with Gasteiger partial charge in [-0.25, -0.2) is 5.43 Å². The molecular formula is C19H20ClN3O4. The molecule has 27 heavy (non-hydrogen) atoms. The van der Waals surface area contributed by atoms with Crippen LogP contribution in [0.2, 0.25) is 5.02 Å². The summed E-state index contributed by atoms with van der Waals surface area (Å²) < 4.78 is 10.5. The molecule has 0 aliphatic carbocycles. The zero-order chi connectivity index (χ0) is 19.6. The second-order valence-electron chi connectivity index (χ2n) is 5.36. The Kier molecular flexibility index (Phi) is 7.63. The first-order valence-electron chi connectivity index (χ1n) is 8.20. The minimum Gasteiger partial charge on any atom is -0.497 e. The van der Waals surface area contributed by atoms with Crippen molar-refractivity contribution >= 4 is 35.3 Å². The fraction of sp³-hybridized carbons (Fsp3) is 0.211. The average molecular weight is 390 g/mol. The topological polar surface area (TPSA) is 89.0 Å². The molecule has 0 saturated heterocycles. The molecule has 0 aliphatic rings. The van der Waals surface area contributed by atoms with Crippen molar-refractivity contribution < 1.29 is 19.1 Å². The number of hydrazone groups is 1. The molecule has 2 aromatic rings. The molecule has 2 amide bonds. The van der Waals surface area contributed by atoms with Crippen LogP contribution in [0.3, 0.4) is 0 Å². The van der Waals surface area contributed by atoms with Gasteiger partial charge in [0.1, 0.15) is 17.9 Å². The number of hydrogen-bond donors (Lipinski definition) is 2. The molecule has 0 unspecified atom stereocenters. The van der Waals surface area contributed by atoms with E-state index in [2.05, 4.69) is 15.8 Å². The fourth-order valence-corrected chi connectivity index (χ4v) is 2.33. The van der Waals surface area contributed by atoms with Gasteiger partial charge in [-0.2, -0.15) is 5.10 Å². The summed E-state index contributed by atoms with van der Waals surface area (Å²) >= 11 is 5.96. The third-order valence-electron chi connectivity index (χ3n) is 3.36. The molecule has 2 rings (SSSR count). The van der Waals surface area contributed by atoms with E-state index in [1.165, 1.54) is 6.21 Å². The number of ether oxygens (including phenoxy) is 2. The number of nitrogens with one attached hydrogen (secondary N) is 2. The maximum absolute atomic E-state index is 11.9. The van der Waals surface area contributed by atoms with Crippen molar-refractivity contribution in [3.8, 4) is 11.5 Å². The highest BCUT2D eigenvalue weighted by molar-refractivity contribution is 6.30. The maximum atomic E-state index is 11.9. The summed E-state index contributed by atoms with van der Waals surface area (Å²) in [7, 11) is 1.55. The number of methoxy groups -OCH3 is 1. The molecule has 0 spiro atoms. The summed E-state index contributed by atoms with van der Waals surface area (Å²) in [6.07, 6.45) is 1.05. The van der Waals surface area contributed by atoms with E-state index in [0.717, 1.165) is 0 Å². The SMILES string of the molecule is CCOc1ccc(Cl)cc1C=NNC(=O)CC(=O)Nc1ccc(OC)cc1. The van der Waals surface area contributed by atoms with Crippen molar-refractivity contribution in [3.63, 3.8) is 0 Å². The molecule has 142 valence electrons. The van der Waals surface area contributed by atoms with Crippen molar-refractivity contribution in [2.75, 3.05) is 19.0 Å². The lowest BCUT2D eigenvalue weighted by atomic mass is 10.2. The van der Waals surface area contributed by atoms with Crippen molar-refractivity contribution in [2.45, 2.75) is 13.3 Å². The fourth-order valence-electron chi connectivity index (χ4n) is 2.15. The van der Waals surface area contributed by atoms with E-state index in [1.54, 1.807) is 49.6 Å². The maximum Gasteiger partial charge on any atom is 0.249 e. The van der Waals surface area contributed by atoms with E-state index in [1.807, 2.05) is 6.92 Å². The molecule has 7 nitrogen and oxygen atoms in total. The summed E-state index contributed by atoms with van der Waals surface area (Å²) in [6, 6.07) is 11.9. The minimum atomic E-state index is -0.544. The number of carbonyl (C=O) groups excluding carboxylic acids is 2. The molecular weight excluding hydrogens is 370 g/mol. The van der Waals surface area contributed by atoms with Crippen LogP contribution in [0.25, 0.3) is 0 Å². The van der Waals surface area contributed by atoms with Gasteiger partial charge in [0, 0.05) is 16.3 Å². The summed E-state index contributed by atoms with van der Waals surface area (Å²) in [4.78, 5) is 23.8. The Morgan fingerprint density at radius 1 is 1.15 bits per heavy atom. The number of carbonyl (C=O) groups is 2. The summed E-state index contributed by atoms with van der Waals surface area (Å²) in [5.41, 5.74) is 3.49. The molecule has 0 atom stereocenters. The van der Waals surface area contributed by atoms with Gasteiger partial charge in [-0.3, -0.25) is 9.59 Å². The molecule has 0 radical (unpaired) electrons. The molecule has 8 heteroatoms. The third kappa shape index (κ3) is 6.63. The van der Waals surface area contributed by atoms with E-state index in [4.69, 9.17) is 21.1 Å². The van der Waals surface area contributed by atoms with Crippen LogP contribution in [0.1, 0.15) is 18.9 Å². The van der Waals surface area contributed by atoms with Crippen LogP contribution in [0.4, 0.5) is 5.69 Å². The zero-order valence-corrected chi connectivity index (χ0v) is 15.7. The van der Waals surface area contributed by atoms with Gasteiger partial charge >= 0.3 is 0 Å². The van der Waals surface area contributed by atoms with Crippen molar-refractivity contribution in [1.29, 1.82) is 0 Å². The van der Waals surface area contributed by atoms with Crippen LogP contribution >= 0.6 is 11.6 Å². The number of benzene rings is 2. The van der Waals surface area contributed by atoms with Crippen LogP contribution in [0.5, 0.6) is 11.5 Å². The van der Waals surface area contributed by atoms with E-state index in [9.17, 15) is 9.59 Å². The van der Waals surface area contributed by atoms with E-state index in [0.29, 0.717) is 34.4 Å². The second-order valence-corrected chi connectivity index (χ2v) is 5.80. The average Bonchev–Trinajstić information content (AvgIpc) is 2.64. The summed E-state index contributed by atoms with van der Waals surface area (Å²) in [6.45, 7) is 2.35. The highest BCUT2D eigenvalue weighted by Crippen LogP contribution is 2.21. The Bertz CT molecular complexity index is 822. The number of anilines is 1. The number of nitrogens with zero attached hydrogens (tertiary/aromatic N) is 1. The number of rotatable bonds is 8. The normalized spacial score (nSPS) is 10.5. The summed E-state index contributed by atoms with van der Waals surface area (Å²) in [5, 5.41) is 6.99. The van der Waals surface area contributed by atoms with Gasteiger partial charge in [0.15, 0.2) is 0 Å². The highest BCUT2D eigenvalue weighted by atomic mass is 35.5. The van der Waals surface area contributed by atoms with Crippen molar-refractivity contribution in [2.24, 2.45) is 5.10 Å². The van der Waals surface area contributed by atoms with Gasteiger partial charge in [-0.15, -0.1) is 0 Å². The Labute approximate surface area is 162 Å². The second kappa shape index (κ2) is 10.2. The largest absolute Gasteiger partial charge is 0.497 e. The van der Waals surface area contributed by atoms with Crippen LogP contribution in [0, 0.1) is 0 Å². The van der Waals surface area contributed by atoms with Gasteiger partial charge in [0.25, 0.3) is 0 Å². The predicted molar refractivity (Wildman–Crippen MR) is 105 cm³/mol. The van der Waals surface area contributed by atoms with Crippen LogP contribution < -0.4 is 20.2 Å². The van der Waals surface area contributed by atoms with E-state index >= 15 is 0 Å². The lowest BCUT2D eigenvalue weighted by Gasteiger charge is -2.07. The Morgan fingerprint density at radius 3 is 2.56 bits per heavy atom. The number of hydrogen-bond acceptors (Lipinski definition) is 5. The molecule has 0 bridgehead atoms. The predicted octanol–water partition coefficient (Wildman–Crippen LogP) is 3.23. The highest BCUT2D eigenvalue weighted by Gasteiger charge is 2.09. The molecule has 0 aliphatic heterocycles. The first-order chi connectivity index (χ1) is 13.0. The van der Waals surface area contributed by atoms with Gasteiger partial charge in [-0.05, 0) is 49.4 Å². The van der Waals surface area contributed by atoms with Crippen LogP contribution in [0.15, 0.2) is 47.6 Å². The van der Waals surface area contributed by atoms with E-state index < -0.39 is 11.8 Å². The lowest BCUT2D eigenvalue weighted by molar-refractivity contribution is -0.126. The number of amides is 2. The Hall–Kier alpha value is -3.06. The Balaban J connectivity index is 1.87. The standard InChI is InChI=1S/C19H20ClN3O4/c1-3-27-17-9-4-14(20)10-13(17)12-21-23-19(25)11-18(24)22-15-5-7-16(26-2)8-6-15/h4-10,12H,3,11H2,1-2H3,(H,22,24)(H,23,25). The van der Waals surface area contributed by atoms with Gasteiger partial charge < -0.3 is 14.8 Å². The van der Waals surface area contributed by atoms with Gasteiger partial charge in [0.2, 0.25) is 11.8 Å². The van der Waals surface area contributed by atoms with Gasteiger partial charge in [-0.1, -0.05) is 11.6 Å². The molecule has 2 aromatic carbocycles. The van der Waals surface area contributed by atoms with Crippen LogP contribution in [-0.2, 0) is 9.59 Å². The molecule has 2 N–H and O–H groups in total. The molecule has 0 aromatic heterocycles. The molecule has 0 fully saturated rings. The summed E-state index contributed by atoms with van der Waals surface area (Å²) in [5.74, 6) is 0.271.